The monoisotopic (exact) mass is 386 g/mol. The van der Waals surface area contributed by atoms with Gasteiger partial charge in [0.05, 0.1) is 23.7 Å². The van der Waals surface area contributed by atoms with Crippen molar-refractivity contribution in [2.75, 3.05) is 11.6 Å². The van der Waals surface area contributed by atoms with Crippen molar-refractivity contribution >= 4 is 21.4 Å². The maximum atomic E-state index is 12.3. The van der Waals surface area contributed by atoms with E-state index in [4.69, 9.17) is 0 Å². The van der Waals surface area contributed by atoms with Gasteiger partial charge in [-0.25, -0.2) is 13.1 Å². The quantitative estimate of drug-likeness (QED) is 0.666. The molecular weight excluding hydrogens is 368 g/mol. The van der Waals surface area contributed by atoms with Crippen LogP contribution < -0.4 is 5.32 Å². The highest BCUT2D eigenvalue weighted by atomic mass is 32.2. The number of benzene rings is 2. The fourth-order valence-electron chi connectivity index (χ4n) is 2.43. The van der Waals surface area contributed by atoms with Crippen molar-refractivity contribution in [3.63, 3.8) is 0 Å². The normalized spacial score (nSPS) is 12.5. The van der Waals surface area contributed by atoms with E-state index in [1.54, 1.807) is 12.1 Å². The molecule has 9 heteroatoms. The Labute approximate surface area is 156 Å². The predicted molar refractivity (Wildman–Crippen MR) is 98.9 cm³/mol. The van der Waals surface area contributed by atoms with Crippen molar-refractivity contribution in [1.29, 1.82) is 0 Å². The van der Waals surface area contributed by atoms with Crippen molar-refractivity contribution in [3.05, 3.63) is 72.1 Å². The Morgan fingerprint density at radius 3 is 2.44 bits per heavy atom. The molecule has 0 saturated carbocycles. The molecule has 0 aliphatic carbocycles. The van der Waals surface area contributed by atoms with E-state index in [1.165, 1.54) is 35.1 Å². The number of nitrogens with zero attached hydrogens (tertiary/aromatic N) is 3. The highest BCUT2D eigenvalue weighted by Crippen LogP contribution is 2.16. The Hall–Kier alpha value is -3.04. The first-order valence-electron chi connectivity index (χ1n) is 8.07. The molecule has 1 aromatic heterocycles. The zero-order chi connectivity index (χ0) is 19.4. The molecule has 3 rings (SSSR count). The Kier molecular flexibility index (Phi) is 5.33. The third kappa shape index (κ3) is 4.78. The van der Waals surface area contributed by atoms with E-state index in [0.717, 1.165) is 11.8 Å². The summed E-state index contributed by atoms with van der Waals surface area (Å²) in [6, 6.07) is 14.9. The molecule has 2 aromatic carbocycles. The van der Waals surface area contributed by atoms with Crippen molar-refractivity contribution < 1.29 is 18.3 Å². The summed E-state index contributed by atoms with van der Waals surface area (Å²) in [5.41, 5.74) is 1.26. The number of anilines is 1. The van der Waals surface area contributed by atoms with E-state index in [2.05, 4.69) is 15.6 Å². The number of hydrogen-bond donors (Lipinski definition) is 2. The number of hydrogen-bond acceptors (Lipinski definition) is 6. The highest BCUT2D eigenvalue weighted by Gasteiger charge is 2.14. The van der Waals surface area contributed by atoms with Crippen molar-refractivity contribution in [3.8, 4) is 0 Å². The van der Waals surface area contributed by atoms with Crippen molar-refractivity contribution in [2.24, 2.45) is 0 Å². The molecule has 27 heavy (non-hydrogen) atoms. The zero-order valence-electron chi connectivity index (χ0n) is 14.5. The molecule has 8 nitrogen and oxygen atoms in total. The van der Waals surface area contributed by atoms with Crippen LogP contribution in [0.15, 0.2) is 65.7 Å². The van der Waals surface area contributed by atoms with Gasteiger partial charge < -0.3 is 10.4 Å². The Bertz CT molecular complexity index is 1030. The molecule has 0 spiro atoms. The number of aliphatic hydroxyl groups excluding tert-OH is 1. The van der Waals surface area contributed by atoms with Gasteiger partial charge in [0, 0.05) is 11.9 Å². The van der Waals surface area contributed by atoms with Crippen LogP contribution in [-0.2, 0) is 16.4 Å². The van der Waals surface area contributed by atoms with E-state index in [1.807, 2.05) is 18.2 Å². The summed E-state index contributed by atoms with van der Waals surface area (Å²) in [6.45, 7) is 0.160. The first kappa shape index (κ1) is 18.7. The third-order valence-electron chi connectivity index (χ3n) is 3.86. The number of aliphatic hydroxyl groups is 1. The average Bonchev–Trinajstić information content (AvgIpc) is 3.11. The topological polar surface area (TPSA) is 114 Å². The van der Waals surface area contributed by atoms with Crippen LogP contribution in [0.25, 0.3) is 0 Å². The average molecular weight is 386 g/mol. The maximum Gasteiger partial charge on any atom is 0.277 e. The van der Waals surface area contributed by atoms with Gasteiger partial charge in [0.2, 0.25) is 0 Å². The molecule has 1 heterocycles. The van der Waals surface area contributed by atoms with E-state index >= 15 is 0 Å². The number of amides is 1. The number of sulfone groups is 1. The lowest BCUT2D eigenvalue weighted by atomic mass is 10.1. The molecule has 0 aliphatic heterocycles. The minimum atomic E-state index is -3.29. The fraction of sp³-hybridized carbons (Fsp3) is 0.167. The van der Waals surface area contributed by atoms with Gasteiger partial charge in [-0.15, -0.1) is 5.10 Å². The Balaban J connectivity index is 1.64. The molecule has 1 amide bonds. The fourth-order valence-corrected chi connectivity index (χ4v) is 3.06. The minimum Gasteiger partial charge on any atom is -0.386 e. The predicted octanol–water partition coefficient (Wildman–Crippen LogP) is 1.67. The van der Waals surface area contributed by atoms with Gasteiger partial charge in [0.25, 0.3) is 5.91 Å². The molecule has 2 N–H and O–H groups in total. The molecular formula is C18H18N4O4S. The summed E-state index contributed by atoms with van der Waals surface area (Å²) >= 11 is 0. The van der Waals surface area contributed by atoms with E-state index < -0.39 is 21.8 Å². The summed E-state index contributed by atoms with van der Waals surface area (Å²) in [5.74, 6) is -0.484. The number of nitrogens with one attached hydrogen (secondary N) is 1. The first-order chi connectivity index (χ1) is 12.8. The smallest absolute Gasteiger partial charge is 0.277 e. The molecule has 140 valence electrons. The number of carbonyl (C=O) groups excluding carboxylic acids is 1. The van der Waals surface area contributed by atoms with Crippen LogP contribution in [0.2, 0.25) is 0 Å². The van der Waals surface area contributed by atoms with Crippen LogP contribution in [0.1, 0.15) is 22.2 Å². The largest absolute Gasteiger partial charge is 0.386 e. The molecule has 0 aliphatic rings. The van der Waals surface area contributed by atoms with E-state index in [9.17, 15) is 18.3 Å². The van der Waals surface area contributed by atoms with Gasteiger partial charge in [-0.1, -0.05) is 35.5 Å². The molecule has 0 bridgehead atoms. The second-order valence-electron chi connectivity index (χ2n) is 6.00. The molecule has 1 atom stereocenters. The first-order valence-corrected chi connectivity index (χ1v) is 9.97. The zero-order valence-corrected chi connectivity index (χ0v) is 15.3. The maximum absolute atomic E-state index is 12.3. The van der Waals surface area contributed by atoms with E-state index in [0.29, 0.717) is 5.69 Å². The minimum absolute atomic E-state index is 0.0856. The van der Waals surface area contributed by atoms with Crippen molar-refractivity contribution in [2.45, 2.75) is 17.5 Å². The molecule has 0 saturated heterocycles. The lowest BCUT2D eigenvalue weighted by molar-refractivity contribution is 0.102. The summed E-state index contributed by atoms with van der Waals surface area (Å²) in [5, 5.41) is 20.5. The number of rotatable bonds is 6. The number of aromatic nitrogens is 3. The van der Waals surface area contributed by atoms with Gasteiger partial charge in [-0.05, 0) is 29.8 Å². The molecule has 0 radical (unpaired) electrons. The molecule has 0 fully saturated rings. The summed E-state index contributed by atoms with van der Waals surface area (Å²) in [6.07, 6.45) is 1.78. The van der Waals surface area contributed by atoms with Crippen LogP contribution in [0, 0.1) is 0 Å². The Morgan fingerprint density at radius 1 is 1.15 bits per heavy atom. The van der Waals surface area contributed by atoms with E-state index in [-0.39, 0.29) is 17.1 Å². The lowest BCUT2D eigenvalue weighted by Crippen LogP contribution is -2.12. The SMILES string of the molecule is CS(=O)(=O)c1ccc(NC(=O)c2cn(C[C@H](O)c3ccccc3)nn2)cc1. The number of carbonyl (C=O) groups is 1. The highest BCUT2D eigenvalue weighted by molar-refractivity contribution is 7.90. The van der Waals surface area contributed by atoms with Crippen molar-refractivity contribution in [1.82, 2.24) is 15.0 Å². The summed E-state index contributed by atoms with van der Waals surface area (Å²) in [4.78, 5) is 12.4. The standard InChI is InChI=1S/C18H18N4O4S/c1-27(25,26)15-9-7-14(8-10-15)19-18(24)16-11-22(21-20-16)12-17(23)13-5-3-2-4-6-13/h2-11,17,23H,12H2,1H3,(H,19,24)/t17-/m0/s1. The van der Waals surface area contributed by atoms with Gasteiger partial charge in [-0.2, -0.15) is 0 Å². The summed E-state index contributed by atoms with van der Waals surface area (Å²) in [7, 11) is -3.29. The second kappa shape index (κ2) is 7.68. The van der Waals surface area contributed by atoms with Gasteiger partial charge in [-0.3, -0.25) is 4.79 Å². The van der Waals surface area contributed by atoms with Crippen LogP contribution in [0.5, 0.6) is 0 Å². The van der Waals surface area contributed by atoms with Crippen LogP contribution >= 0.6 is 0 Å². The van der Waals surface area contributed by atoms with Crippen LogP contribution in [0.3, 0.4) is 0 Å². The lowest BCUT2D eigenvalue weighted by Gasteiger charge is -2.09. The van der Waals surface area contributed by atoms with Crippen LogP contribution in [-0.4, -0.2) is 40.7 Å². The molecule has 3 aromatic rings. The van der Waals surface area contributed by atoms with Gasteiger partial charge in [0.1, 0.15) is 0 Å². The third-order valence-corrected chi connectivity index (χ3v) is 4.98. The second-order valence-corrected chi connectivity index (χ2v) is 8.02. The van der Waals surface area contributed by atoms with Crippen LogP contribution in [0.4, 0.5) is 5.69 Å². The summed E-state index contributed by atoms with van der Waals surface area (Å²) < 4.78 is 24.3. The molecule has 0 unspecified atom stereocenters. The van der Waals surface area contributed by atoms with Gasteiger partial charge in [0.15, 0.2) is 15.5 Å². The Morgan fingerprint density at radius 2 is 1.81 bits per heavy atom. The van der Waals surface area contributed by atoms with Gasteiger partial charge >= 0.3 is 0 Å².